The Bertz CT molecular complexity index is 609. The molecule has 0 saturated carbocycles. The van der Waals surface area contributed by atoms with Gasteiger partial charge in [0.05, 0.1) is 5.70 Å². The highest BCUT2D eigenvalue weighted by Gasteiger charge is 2.31. The van der Waals surface area contributed by atoms with Crippen molar-refractivity contribution in [2.45, 2.75) is 0 Å². The van der Waals surface area contributed by atoms with Gasteiger partial charge in [0.25, 0.3) is 5.91 Å². The molecular weight excluding hydrogens is 224 g/mol. The first-order valence-electron chi connectivity index (χ1n) is 5.67. The maximum atomic E-state index is 12.3. The Morgan fingerprint density at radius 3 is 2.17 bits per heavy atom. The number of carbonyl (C=O) groups is 1. The van der Waals surface area contributed by atoms with Crippen LogP contribution in [0.15, 0.2) is 55.1 Å². The fourth-order valence-corrected chi connectivity index (χ4v) is 2.18. The largest absolute Gasteiger partial charge is 0.399 e. The van der Waals surface area contributed by atoms with Gasteiger partial charge in [0.15, 0.2) is 0 Å². The summed E-state index contributed by atoms with van der Waals surface area (Å²) < 4.78 is 0. The topological polar surface area (TPSA) is 46.3 Å². The minimum absolute atomic E-state index is 0.0413. The Morgan fingerprint density at radius 1 is 0.944 bits per heavy atom. The number of amides is 1. The van der Waals surface area contributed by atoms with E-state index in [1.807, 2.05) is 36.4 Å². The monoisotopic (exact) mass is 236 g/mol. The maximum absolute atomic E-state index is 12.3. The van der Waals surface area contributed by atoms with Crippen LogP contribution in [0.25, 0.3) is 5.70 Å². The standard InChI is InChI=1S/C15H12N2O/c1-10-13-4-2-3-5-14(13)15(18)17(10)12-8-6-11(16)7-9-12/h2-9H,1,16H2. The lowest BCUT2D eigenvalue weighted by molar-refractivity contribution is 0.101. The van der Waals surface area contributed by atoms with Crippen molar-refractivity contribution >= 4 is 23.0 Å². The lowest BCUT2D eigenvalue weighted by Crippen LogP contribution is -2.21. The Morgan fingerprint density at radius 2 is 1.56 bits per heavy atom. The molecular formula is C15H12N2O. The minimum atomic E-state index is -0.0413. The molecule has 0 aromatic heterocycles. The number of anilines is 2. The highest BCUT2D eigenvalue weighted by Crippen LogP contribution is 2.35. The number of nitrogens with zero attached hydrogens (tertiary/aromatic N) is 1. The molecule has 18 heavy (non-hydrogen) atoms. The Kier molecular flexibility index (Phi) is 2.20. The van der Waals surface area contributed by atoms with Gasteiger partial charge in [0.1, 0.15) is 0 Å². The van der Waals surface area contributed by atoms with Crippen LogP contribution in [-0.2, 0) is 0 Å². The minimum Gasteiger partial charge on any atom is -0.399 e. The van der Waals surface area contributed by atoms with Gasteiger partial charge in [-0.15, -0.1) is 0 Å². The molecule has 2 aromatic carbocycles. The SMILES string of the molecule is C=C1c2ccccc2C(=O)N1c1ccc(N)cc1. The number of carbonyl (C=O) groups excluding carboxylic acids is 1. The van der Waals surface area contributed by atoms with E-state index in [2.05, 4.69) is 6.58 Å². The molecule has 0 fully saturated rings. The van der Waals surface area contributed by atoms with Gasteiger partial charge in [-0.05, 0) is 30.3 Å². The van der Waals surface area contributed by atoms with Crippen molar-refractivity contribution in [2.24, 2.45) is 0 Å². The third-order valence-electron chi connectivity index (χ3n) is 3.09. The second-order valence-electron chi connectivity index (χ2n) is 4.22. The molecule has 0 spiro atoms. The first kappa shape index (κ1) is 10.6. The average molecular weight is 236 g/mol. The summed E-state index contributed by atoms with van der Waals surface area (Å²) in [5.74, 6) is -0.0413. The Labute approximate surface area is 105 Å². The summed E-state index contributed by atoms with van der Waals surface area (Å²) in [6.07, 6.45) is 0. The first-order chi connectivity index (χ1) is 8.68. The van der Waals surface area contributed by atoms with Crippen LogP contribution in [0.3, 0.4) is 0 Å². The number of hydrogen-bond donors (Lipinski definition) is 1. The Balaban J connectivity index is 2.09. The number of nitrogen functional groups attached to an aromatic ring is 1. The molecule has 3 heteroatoms. The van der Waals surface area contributed by atoms with E-state index in [0.717, 1.165) is 11.3 Å². The van der Waals surface area contributed by atoms with Crippen molar-refractivity contribution in [3.63, 3.8) is 0 Å². The van der Waals surface area contributed by atoms with E-state index in [9.17, 15) is 4.79 Å². The summed E-state index contributed by atoms with van der Waals surface area (Å²) in [5.41, 5.74) is 9.41. The number of hydrogen-bond acceptors (Lipinski definition) is 2. The third-order valence-corrected chi connectivity index (χ3v) is 3.09. The molecule has 2 N–H and O–H groups in total. The predicted molar refractivity (Wildman–Crippen MR) is 73.1 cm³/mol. The van der Waals surface area contributed by atoms with E-state index >= 15 is 0 Å². The van der Waals surface area contributed by atoms with Gasteiger partial charge in [-0.25, -0.2) is 0 Å². The van der Waals surface area contributed by atoms with Gasteiger partial charge < -0.3 is 5.73 Å². The molecule has 0 unspecified atom stereocenters. The maximum Gasteiger partial charge on any atom is 0.263 e. The van der Waals surface area contributed by atoms with Gasteiger partial charge in [-0.2, -0.15) is 0 Å². The van der Waals surface area contributed by atoms with Crippen LogP contribution in [-0.4, -0.2) is 5.91 Å². The normalized spacial score (nSPS) is 13.9. The van der Waals surface area contributed by atoms with Gasteiger partial charge in [0, 0.05) is 22.5 Å². The predicted octanol–water partition coefficient (Wildman–Crippen LogP) is 2.90. The zero-order chi connectivity index (χ0) is 12.7. The number of nitrogens with two attached hydrogens (primary N) is 1. The fourth-order valence-electron chi connectivity index (χ4n) is 2.18. The molecule has 3 rings (SSSR count). The second kappa shape index (κ2) is 3.74. The Hall–Kier alpha value is -2.55. The molecule has 0 bridgehead atoms. The van der Waals surface area contributed by atoms with Crippen LogP contribution in [0.5, 0.6) is 0 Å². The van der Waals surface area contributed by atoms with Gasteiger partial charge >= 0.3 is 0 Å². The van der Waals surface area contributed by atoms with Crippen LogP contribution in [0.1, 0.15) is 15.9 Å². The zero-order valence-electron chi connectivity index (χ0n) is 9.76. The molecule has 1 aliphatic rings. The van der Waals surface area contributed by atoms with E-state index in [1.165, 1.54) is 0 Å². The summed E-state index contributed by atoms with van der Waals surface area (Å²) in [7, 11) is 0. The van der Waals surface area contributed by atoms with Crippen LogP contribution in [0, 0.1) is 0 Å². The van der Waals surface area contributed by atoms with Crippen LogP contribution in [0.2, 0.25) is 0 Å². The molecule has 0 atom stereocenters. The molecule has 1 aliphatic heterocycles. The van der Waals surface area contributed by atoms with Crippen molar-refractivity contribution in [3.05, 3.63) is 66.2 Å². The van der Waals surface area contributed by atoms with E-state index in [4.69, 9.17) is 5.73 Å². The molecule has 0 saturated heterocycles. The van der Waals surface area contributed by atoms with Gasteiger partial charge in [-0.3, -0.25) is 9.69 Å². The lowest BCUT2D eigenvalue weighted by atomic mass is 10.1. The number of benzene rings is 2. The number of rotatable bonds is 1. The molecule has 88 valence electrons. The van der Waals surface area contributed by atoms with Crippen molar-refractivity contribution in [1.29, 1.82) is 0 Å². The summed E-state index contributed by atoms with van der Waals surface area (Å²) >= 11 is 0. The molecule has 3 nitrogen and oxygen atoms in total. The van der Waals surface area contributed by atoms with E-state index in [0.29, 0.717) is 16.9 Å². The first-order valence-corrected chi connectivity index (χ1v) is 5.67. The van der Waals surface area contributed by atoms with Crippen LogP contribution < -0.4 is 10.6 Å². The lowest BCUT2D eigenvalue weighted by Gasteiger charge is -2.17. The van der Waals surface area contributed by atoms with E-state index in [-0.39, 0.29) is 5.91 Å². The van der Waals surface area contributed by atoms with Crippen molar-refractivity contribution < 1.29 is 4.79 Å². The van der Waals surface area contributed by atoms with E-state index in [1.54, 1.807) is 17.0 Å². The summed E-state index contributed by atoms with van der Waals surface area (Å²) in [4.78, 5) is 13.9. The molecule has 2 aromatic rings. The highest BCUT2D eigenvalue weighted by atomic mass is 16.2. The fraction of sp³-hybridized carbons (Fsp3) is 0. The smallest absolute Gasteiger partial charge is 0.263 e. The van der Waals surface area contributed by atoms with Crippen LogP contribution in [0.4, 0.5) is 11.4 Å². The van der Waals surface area contributed by atoms with Crippen molar-refractivity contribution in [3.8, 4) is 0 Å². The van der Waals surface area contributed by atoms with Crippen LogP contribution >= 0.6 is 0 Å². The number of fused-ring (bicyclic) bond motifs is 1. The second-order valence-corrected chi connectivity index (χ2v) is 4.22. The zero-order valence-corrected chi connectivity index (χ0v) is 9.76. The summed E-state index contributed by atoms with van der Waals surface area (Å²) in [6.45, 7) is 4.00. The molecule has 1 amide bonds. The third kappa shape index (κ3) is 1.41. The quantitative estimate of drug-likeness (QED) is 0.774. The van der Waals surface area contributed by atoms with Gasteiger partial charge in [0.2, 0.25) is 0 Å². The van der Waals surface area contributed by atoms with Crippen molar-refractivity contribution in [1.82, 2.24) is 0 Å². The molecule has 0 radical (unpaired) electrons. The summed E-state index contributed by atoms with van der Waals surface area (Å²) in [6, 6.07) is 14.7. The summed E-state index contributed by atoms with van der Waals surface area (Å²) in [5, 5.41) is 0. The highest BCUT2D eigenvalue weighted by molar-refractivity contribution is 6.22. The van der Waals surface area contributed by atoms with Crippen molar-refractivity contribution in [2.75, 3.05) is 10.6 Å². The average Bonchev–Trinajstić information content (AvgIpc) is 2.64. The van der Waals surface area contributed by atoms with E-state index < -0.39 is 0 Å². The molecule has 0 aliphatic carbocycles. The van der Waals surface area contributed by atoms with Gasteiger partial charge in [-0.1, -0.05) is 24.8 Å². The molecule has 1 heterocycles.